The van der Waals surface area contributed by atoms with Gasteiger partial charge in [-0.15, -0.1) is 0 Å². The van der Waals surface area contributed by atoms with Crippen LogP contribution in [0.4, 0.5) is 0 Å². The van der Waals surface area contributed by atoms with Gasteiger partial charge in [-0.1, -0.05) is 53.2 Å². The number of piperidine rings is 1. The van der Waals surface area contributed by atoms with Gasteiger partial charge in [0.25, 0.3) is 0 Å². The number of rotatable bonds is 6. The average molecular weight is 439 g/mol. The number of carbonyl (C=O) groups excluding carboxylic acids is 1. The predicted molar refractivity (Wildman–Crippen MR) is 120 cm³/mol. The van der Waals surface area contributed by atoms with E-state index in [1.54, 1.807) is 0 Å². The van der Waals surface area contributed by atoms with Crippen molar-refractivity contribution in [1.29, 1.82) is 0 Å². The zero-order chi connectivity index (χ0) is 21.8. The fraction of sp³-hybridized carbons (Fsp3) is 0.375. The first-order valence-corrected chi connectivity index (χ1v) is 11.0. The molecule has 1 fully saturated rings. The van der Waals surface area contributed by atoms with Crippen LogP contribution in [-0.4, -0.2) is 34.0 Å². The monoisotopic (exact) mass is 438 g/mol. The van der Waals surface area contributed by atoms with Crippen molar-refractivity contribution in [2.45, 2.75) is 39.3 Å². The van der Waals surface area contributed by atoms with Gasteiger partial charge in [-0.3, -0.25) is 9.69 Å². The second kappa shape index (κ2) is 9.62. The Morgan fingerprint density at radius 1 is 1.19 bits per heavy atom. The molecule has 1 N–H and O–H groups in total. The number of nitrogens with one attached hydrogen (secondary N) is 1. The van der Waals surface area contributed by atoms with Crippen LogP contribution in [0.15, 0.2) is 53.1 Å². The van der Waals surface area contributed by atoms with Gasteiger partial charge in [0.2, 0.25) is 17.6 Å². The highest BCUT2D eigenvalue weighted by molar-refractivity contribution is 6.33. The van der Waals surface area contributed by atoms with Crippen LogP contribution in [-0.2, 0) is 11.3 Å². The van der Waals surface area contributed by atoms with E-state index in [1.807, 2.05) is 43.3 Å². The van der Waals surface area contributed by atoms with Crippen LogP contribution in [0, 0.1) is 12.8 Å². The molecule has 162 valence electrons. The predicted octanol–water partition coefficient (Wildman–Crippen LogP) is 4.79. The minimum Gasteiger partial charge on any atom is -0.349 e. The minimum absolute atomic E-state index is 0.00774. The summed E-state index contributed by atoms with van der Waals surface area (Å²) in [5.41, 5.74) is 3.12. The van der Waals surface area contributed by atoms with E-state index in [4.69, 9.17) is 16.1 Å². The van der Waals surface area contributed by atoms with Crippen molar-refractivity contribution in [3.63, 3.8) is 0 Å². The van der Waals surface area contributed by atoms with Crippen LogP contribution >= 0.6 is 11.6 Å². The second-order valence-electron chi connectivity index (χ2n) is 8.13. The molecule has 2 heterocycles. The van der Waals surface area contributed by atoms with Crippen molar-refractivity contribution in [1.82, 2.24) is 20.4 Å². The molecule has 1 amide bonds. The van der Waals surface area contributed by atoms with E-state index >= 15 is 0 Å². The van der Waals surface area contributed by atoms with Crippen LogP contribution < -0.4 is 5.32 Å². The zero-order valence-corrected chi connectivity index (χ0v) is 18.6. The maximum atomic E-state index is 12.8. The van der Waals surface area contributed by atoms with Gasteiger partial charge >= 0.3 is 0 Å². The van der Waals surface area contributed by atoms with Crippen LogP contribution in [0.2, 0.25) is 5.02 Å². The quantitative estimate of drug-likeness (QED) is 0.599. The van der Waals surface area contributed by atoms with Gasteiger partial charge < -0.3 is 9.84 Å². The topological polar surface area (TPSA) is 71.3 Å². The van der Waals surface area contributed by atoms with Crippen molar-refractivity contribution in [3.05, 3.63) is 70.6 Å². The Hall–Kier alpha value is -2.70. The number of aryl methyl sites for hydroxylation is 1. The molecule has 6 nitrogen and oxygen atoms in total. The largest absolute Gasteiger partial charge is 0.349 e. The van der Waals surface area contributed by atoms with E-state index < -0.39 is 0 Å². The molecule has 0 radical (unpaired) electrons. The smallest absolute Gasteiger partial charge is 0.241 e. The summed E-state index contributed by atoms with van der Waals surface area (Å²) < 4.78 is 5.42. The Bertz CT molecular complexity index is 1040. The number of likely N-dealkylation sites (tertiary alicyclic amines) is 1. The van der Waals surface area contributed by atoms with E-state index in [2.05, 4.69) is 39.4 Å². The molecule has 0 aliphatic carbocycles. The molecule has 4 rings (SSSR count). The van der Waals surface area contributed by atoms with Crippen molar-refractivity contribution in [2.24, 2.45) is 5.92 Å². The van der Waals surface area contributed by atoms with Crippen molar-refractivity contribution < 1.29 is 9.32 Å². The van der Waals surface area contributed by atoms with Gasteiger partial charge in [-0.25, -0.2) is 0 Å². The summed E-state index contributed by atoms with van der Waals surface area (Å²) in [4.78, 5) is 19.5. The van der Waals surface area contributed by atoms with Crippen molar-refractivity contribution >= 4 is 17.5 Å². The summed E-state index contributed by atoms with van der Waals surface area (Å²) in [6.07, 6.45) is 1.63. The molecule has 1 unspecified atom stereocenters. The highest BCUT2D eigenvalue weighted by Gasteiger charge is 2.27. The van der Waals surface area contributed by atoms with E-state index in [-0.39, 0.29) is 17.9 Å². The Labute approximate surface area is 187 Å². The molecule has 1 aliphatic rings. The lowest BCUT2D eigenvalue weighted by atomic mass is 9.94. The Balaban J connectivity index is 1.29. The number of halogens is 1. The van der Waals surface area contributed by atoms with Crippen molar-refractivity contribution in [3.8, 4) is 11.4 Å². The van der Waals surface area contributed by atoms with Crippen LogP contribution in [0.5, 0.6) is 0 Å². The van der Waals surface area contributed by atoms with Crippen LogP contribution in [0.3, 0.4) is 0 Å². The van der Waals surface area contributed by atoms with Crippen molar-refractivity contribution in [2.75, 3.05) is 13.1 Å². The Morgan fingerprint density at radius 2 is 1.90 bits per heavy atom. The minimum atomic E-state index is 0.00774. The molecule has 1 atom stereocenters. The van der Waals surface area contributed by atoms with E-state index in [0.717, 1.165) is 31.5 Å². The molecule has 1 aliphatic heterocycles. The molecule has 1 saturated heterocycles. The number of hydrogen-bond donors (Lipinski definition) is 1. The molecular formula is C24H27ClN4O2. The third-order valence-corrected chi connectivity index (χ3v) is 6.24. The fourth-order valence-electron chi connectivity index (χ4n) is 4.10. The lowest BCUT2D eigenvalue weighted by Gasteiger charge is -2.31. The third-order valence-electron chi connectivity index (χ3n) is 5.91. The highest BCUT2D eigenvalue weighted by atomic mass is 35.5. The summed E-state index contributed by atoms with van der Waals surface area (Å²) >= 11 is 6.22. The number of amides is 1. The SMILES string of the molecule is Cc1ccccc1C(C)NC(=O)C1CCN(Cc2nc(-c3ccccc3Cl)no2)CC1. The molecule has 31 heavy (non-hydrogen) atoms. The molecule has 1 aromatic heterocycles. The molecule has 2 aromatic carbocycles. The summed E-state index contributed by atoms with van der Waals surface area (Å²) in [6.45, 7) is 6.33. The van der Waals surface area contributed by atoms with Gasteiger partial charge in [0, 0.05) is 11.5 Å². The summed E-state index contributed by atoms with van der Waals surface area (Å²) in [5.74, 6) is 1.23. The first kappa shape index (κ1) is 21.5. The molecular weight excluding hydrogens is 412 g/mol. The average Bonchev–Trinajstić information content (AvgIpc) is 3.23. The first-order chi connectivity index (χ1) is 15.0. The van der Waals surface area contributed by atoms with Gasteiger partial charge in [-0.05, 0) is 63.0 Å². The summed E-state index contributed by atoms with van der Waals surface area (Å²) in [5, 5.41) is 7.85. The van der Waals surface area contributed by atoms with E-state index in [9.17, 15) is 4.79 Å². The van der Waals surface area contributed by atoms with E-state index in [1.165, 1.54) is 11.1 Å². The lowest BCUT2D eigenvalue weighted by Crippen LogP contribution is -2.41. The lowest BCUT2D eigenvalue weighted by molar-refractivity contribution is -0.127. The molecule has 0 bridgehead atoms. The summed E-state index contributed by atoms with van der Waals surface area (Å²) in [7, 11) is 0. The standard InChI is InChI=1S/C24H27ClN4O2/c1-16-7-3-4-8-19(16)17(2)26-24(30)18-11-13-29(14-12-18)15-22-27-23(28-31-22)20-9-5-6-10-21(20)25/h3-10,17-18H,11-15H2,1-2H3,(H,26,30). The van der Waals surface area contributed by atoms with Crippen LogP contribution in [0.1, 0.15) is 42.8 Å². The Kier molecular flexibility index (Phi) is 6.68. The van der Waals surface area contributed by atoms with Gasteiger partial charge in [0.1, 0.15) is 0 Å². The number of hydrogen-bond acceptors (Lipinski definition) is 5. The number of benzene rings is 2. The third kappa shape index (κ3) is 5.14. The summed E-state index contributed by atoms with van der Waals surface area (Å²) in [6, 6.07) is 15.6. The normalized spacial score (nSPS) is 16.2. The molecule has 3 aromatic rings. The maximum Gasteiger partial charge on any atom is 0.241 e. The molecule has 0 spiro atoms. The molecule has 7 heteroatoms. The zero-order valence-electron chi connectivity index (χ0n) is 17.8. The second-order valence-corrected chi connectivity index (χ2v) is 8.54. The number of aromatic nitrogens is 2. The van der Waals surface area contributed by atoms with Gasteiger partial charge in [0.15, 0.2) is 0 Å². The highest BCUT2D eigenvalue weighted by Crippen LogP contribution is 2.26. The van der Waals surface area contributed by atoms with Gasteiger partial charge in [-0.2, -0.15) is 4.98 Å². The number of nitrogens with zero attached hydrogens (tertiary/aromatic N) is 3. The maximum absolute atomic E-state index is 12.8. The van der Waals surface area contributed by atoms with E-state index in [0.29, 0.717) is 23.3 Å². The Morgan fingerprint density at radius 3 is 2.65 bits per heavy atom. The first-order valence-electron chi connectivity index (χ1n) is 10.7. The molecule has 0 saturated carbocycles. The fourth-order valence-corrected chi connectivity index (χ4v) is 4.32. The number of carbonyl (C=O) groups is 1. The van der Waals surface area contributed by atoms with Crippen LogP contribution in [0.25, 0.3) is 11.4 Å². The van der Waals surface area contributed by atoms with Gasteiger partial charge in [0.05, 0.1) is 17.6 Å².